The second-order valence-electron chi connectivity index (χ2n) is 3.80. The van der Waals surface area contributed by atoms with Crippen LogP contribution in [-0.2, 0) is 0 Å². The number of rotatable bonds is 5. The van der Waals surface area contributed by atoms with Gasteiger partial charge in [0.2, 0.25) is 0 Å². The van der Waals surface area contributed by atoms with E-state index in [0.29, 0.717) is 5.92 Å². The fourth-order valence-corrected chi connectivity index (χ4v) is 1.34. The van der Waals surface area contributed by atoms with E-state index in [9.17, 15) is 0 Å². The zero-order chi connectivity index (χ0) is 10.4. The minimum atomic E-state index is 0.182. The molecule has 0 aliphatic rings. The van der Waals surface area contributed by atoms with E-state index in [4.69, 9.17) is 5.11 Å². The Kier molecular flexibility index (Phi) is 4.63. The Morgan fingerprint density at radius 1 is 1.21 bits per heavy atom. The van der Waals surface area contributed by atoms with Crippen molar-refractivity contribution >= 4 is 0 Å². The van der Waals surface area contributed by atoms with Crippen LogP contribution in [0.1, 0.15) is 25.3 Å². The summed E-state index contributed by atoms with van der Waals surface area (Å²) in [5.41, 5.74) is 1.34. The molecule has 0 unspecified atom stereocenters. The summed E-state index contributed by atoms with van der Waals surface area (Å²) in [5.74, 6) is 0.491. The molecule has 0 radical (unpaired) electrons. The summed E-state index contributed by atoms with van der Waals surface area (Å²) in [4.78, 5) is 0. The van der Waals surface area contributed by atoms with Gasteiger partial charge in [-0.25, -0.2) is 0 Å². The van der Waals surface area contributed by atoms with Crippen LogP contribution in [-0.4, -0.2) is 24.3 Å². The Labute approximate surface area is 86.0 Å². The smallest absolute Gasteiger partial charge is 0.0581 e. The molecule has 0 aromatic heterocycles. The zero-order valence-corrected chi connectivity index (χ0v) is 8.90. The highest BCUT2D eigenvalue weighted by molar-refractivity contribution is 5.18. The number of nitrogens with one attached hydrogen (secondary N) is 1. The van der Waals surface area contributed by atoms with Gasteiger partial charge in [0.25, 0.3) is 0 Å². The summed E-state index contributed by atoms with van der Waals surface area (Å²) in [7, 11) is 0. The Hall–Kier alpha value is -0.860. The van der Waals surface area contributed by atoms with E-state index in [-0.39, 0.29) is 12.6 Å². The van der Waals surface area contributed by atoms with E-state index < -0.39 is 0 Å². The van der Waals surface area contributed by atoms with Gasteiger partial charge in [-0.15, -0.1) is 0 Å². The highest BCUT2D eigenvalue weighted by atomic mass is 16.3. The minimum Gasteiger partial charge on any atom is -0.395 e. The molecule has 0 aliphatic heterocycles. The molecule has 0 heterocycles. The molecule has 0 amide bonds. The van der Waals surface area contributed by atoms with Crippen molar-refractivity contribution in [3.63, 3.8) is 0 Å². The highest BCUT2D eigenvalue weighted by Gasteiger charge is 2.05. The van der Waals surface area contributed by atoms with Crippen LogP contribution >= 0.6 is 0 Å². The first kappa shape index (κ1) is 11.2. The minimum absolute atomic E-state index is 0.182. The van der Waals surface area contributed by atoms with Crippen molar-refractivity contribution in [2.24, 2.45) is 0 Å². The molecule has 1 aromatic rings. The van der Waals surface area contributed by atoms with Gasteiger partial charge in [0.15, 0.2) is 0 Å². The third-order valence-corrected chi connectivity index (χ3v) is 2.41. The SMILES string of the molecule is C[C@H](CN[C@@H](C)CO)c1ccccc1. The summed E-state index contributed by atoms with van der Waals surface area (Å²) in [6, 6.07) is 10.6. The van der Waals surface area contributed by atoms with Gasteiger partial charge in [0, 0.05) is 12.6 Å². The van der Waals surface area contributed by atoms with E-state index in [0.717, 1.165) is 6.54 Å². The maximum atomic E-state index is 8.86. The monoisotopic (exact) mass is 193 g/mol. The van der Waals surface area contributed by atoms with E-state index in [1.165, 1.54) is 5.56 Å². The fraction of sp³-hybridized carbons (Fsp3) is 0.500. The number of hydrogen-bond donors (Lipinski definition) is 2. The maximum Gasteiger partial charge on any atom is 0.0581 e. The number of aliphatic hydroxyl groups excluding tert-OH is 1. The normalized spacial score (nSPS) is 15.1. The van der Waals surface area contributed by atoms with Crippen LogP contribution in [0.4, 0.5) is 0 Å². The number of hydrogen-bond acceptors (Lipinski definition) is 2. The fourth-order valence-electron chi connectivity index (χ4n) is 1.34. The molecule has 0 aliphatic carbocycles. The molecule has 2 nitrogen and oxygen atoms in total. The van der Waals surface area contributed by atoms with Gasteiger partial charge >= 0.3 is 0 Å². The molecule has 2 atom stereocenters. The first-order valence-electron chi connectivity index (χ1n) is 5.13. The lowest BCUT2D eigenvalue weighted by Gasteiger charge is -2.16. The van der Waals surface area contributed by atoms with Crippen LogP contribution in [0.3, 0.4) is 0 Å². The number of benzene rings is 1. The third-order valence-electron chi connectivity index (χ3n) is 2.41. The van der Waals surface area contributed by atoms with Crippen LogP contribution in [0.15, 0.2) is 30.3 Å². The Morgan fingerprint density at radius 2 is 1.86 bits per heavy atom. The molecule has 1 aromatic carbocycles. The Morgan fingerprint density at radius 3 is 2.43 bits per heavy atom. The molecular formula is C12H19NO. The van der Waals surface area contributed by atoms with Crippen molar-refractivity contribution in [1.82, 2.24) is 5.32 Å². The van der Waals surface area contributed by atoms with Gasteiger partial charge < -0.3 is 10.4 Å². The third kappa shape index (κ3) is 3.48. The molecule has 0 fully saturated rings. The Balaban J connectivity index is 2.39. The Bertz CT molecular complexity index is 248. The van der Waals surface area contributed by atoms with Crippen LogP contribution in [0.25, 0.3) is 0 Å². The van der Waals surface area contributed by atoms with Crippen LogP contribution in [0.2, 0.25) is 0 Å². The van der Waals surface area contributed by atoms with Gasteiger partial charge in [0.05, 0.1) is 6.61 Å². The summed E-state index contributed by atoms with van der Waals surface area (Å²) in [6.45, 7) is 5.28. The van der Waals surface area contributed by atoms with Crippen molar-refractivity contribution in [2.45, 2.75) is 25.8 Å². The van der Waals surface area contributed by atoms with E-state index in [1.54, 1.807) is 0 Å². The van der Waals surface area contributed by atoms with Gasteiger partial charge in [-0.1, -0.05) is 37.3 Å². The van der Waals surface area contributed by atoms with Crippen molar-refractivity contribution in [1.29, 1.82) is 0 Å². The molecule has 14 heavy (non-hydrogen) atoms. The zero-order valence-electron chi connectivity index (χ0n) is 8.90. The van der Waals surface area contributed by atoms with Crippen LogP contribution in [0.5, 0.6) is 0 Å². The predicted octanol–water partition coefficient (Wildman–Crippen LogP) is 1.76. The lowest BCUT2D eigenvalue weighted by atomic mass is 10.0. The maximum absolute atomic E-state index is 8.86. The number of aliphatic hydroxyl groups is 1. The molecule has 2 N–H and O–H groups in total. The first-order valence-corrected chi connectivity index (χ1v) is 5.13. The van der Waals surface area contributed by atoms with Gasteiger partial charge in [0.1, 0.15) is 0 Å². The average Bonchev–Trinajstić information content (AvgIpc) is 2.26. The van der Waals surface area contributed by atoms with Crippen molar-refractivity contribution in [3.8, 4) is 0 Å². The first-order chi connectivity index (χ1) is 6.74. The van der Waals surface area contributed by atoms with Crippen molar-refractivity contribution in [3.05, 3.63) is 35.9 Å². The van der Waals surface area contributed by atoms with E-state index >= 15 is 0 Å². The van der Waals surface area contributed by atoms with Gasteiger partial charge in [-0.2, -0.15) is 0 Å². The quantitative estimate of drug-likeness (QED) is 0.747. The van der Waals surface area contributed by atoms with Gasteiger partial charge in [-0.3, -0.25) is 0 Å². The predicted molar refractivity (Wildman–Crippen MR) is 59.4 cm³/mol. The van der Waals surface area contributed by atoms with Crippen molar-refractivity contribution < 1.29 is 5.11 Å². The second-order valence-corrected chi connectivity index (χ2v) is 3.80. The lowest BCUT2D eigenvalue weighted by Crippen LogP contribution is -2.32. The molecule has 0 bridgehead atoms. The topological polar surface area (TPSA) is 32.3 Å². The highest BCUT2D eigenvalue weighted by Crippen LogP contribution is 2.12. The summed E-state index contributed by atoms with van der Waals surface area (Å²) >= 11 is 0. The molecule has 0 saturated heterocycles. The second kappa shape index (κ2) is 5.78. The van der Waals surface area contributed by atoms with E-state index in [2.05, 4.69) is 36.5 Å². The molecular weight excluding hydrogens is 174 g/mol. The van der Waals surface area contributed by atoms with Crippen molar-refractivity contribution in [2.75, 3.05) is 13.2 Å². The van der Waals surface area contributed by atoms with Crippen LogP contribution < -0.4 is 5.32 Å². The molecule has 0 saturated carbocycles. The summed E-state index contributed by atoms with van der Waals surface area (Å²) < 4.78 is 0. The molecule has 1 rings (SSSR count). The average molecular weight is 193 g/mol. The lowest BCUT2D eigenvalue weighted by molar-refractivity contribution is 0.250. The molecule has 2 heteroatoms. The summed E-state index contributed by atoms with van der Waals surface area (Å²) in [5, 5.41) is 12.1. The molecule has 78 valence electrons. The van der Waals surface area contributed by atoms with Crippen LogP contribution in [0, 0.1) is 0 Å². The summed E-state index contributed by atoms with van der Waals surface area (Å²) in [6.07, 6.45) is 0. The largest absolute Gasteiger partial charge is 0.395 e. The van der Waals surface area contributed by atoms with E-state index in [1.807, 2.05) is 13.0 Å². The molecule has 0 spiro atoms. The van der Waals surface area contributed by atoms with Gasteiger partial charge in [-0.05, 0) is 18.4 Å². The standard InChI is InChI=1S/C12H19NO/c1-10(8-13-11(2)9-14)12-6-4-3-5-7-12/h3-7,10-11,13-14H,8-9H2,1-2H3/t10-,11+/m1/s1.